The highest BCUT2D eigenvalue weighted by molar-refractivity contribution is 5.24. The Balaban J connectivity index is 2.46. The lowest BCUT2D eigenvalue weighted by Gasteiger charge is -2.07. The van der Waals surface area contributed by atoms with Gasteiger partial charge in [0.25, 0.3) is 0 Å². The summed E-state index contributed by atoms with van der Waals surface area (Å²) in [5, 5.41) is 0. The van der Waals surface area contributed by atoms with Crippen molar-refractivity contribution in [1.82, 2.24) is 0 Å². The molecule has 0 unspecified atom stereocenters. The third-order valence-corrected chi connectivity index (χ3v) is 2.45. The number of alkyl halides is 3. The normalized spacial score (nSPS) is 11.8. The van der Waals surface area contributed by atoms with Gasteiger partial charge >= 0.3 is 6.18 Å². The van der Waals surface area contributed by atoms with Crippen LogP contribution in [0.3, 0.4) is 0 Å². The Kier molecular flexibility index (Phi) is 4.84. The molecule has 3 heteroatoms. The Labute approximate surface area is 94.5 Å². The second-order valence-corrected chi connectivity index (χ2v) is 3.79. The zero-order chi connectivity index (χ0) is 12.0. The lowest BCUT2D eigenvalue weighted by molar-refractivity contribution is -0.137. The number of hydrogen-bond acceptors (Lipinski definition) is 0. The molecular formula is C13H15F3. The van der Waals surface area contributed by atoms with Gasteiger partial charge in [0.2, 0.25) is 0 Å². The third-order valence-electron chi connectivity index (χ3n) is 2.45. The van der Waals surface area contributed by atoms with Crippen LogP contribution in [0.15, 0.2) is 24.3 Å². The summed E-state index contributed by atoms with van der Waals surface area (Å²) in [6.45, 7) is 5.35. The first kappa shape index (κ1) is 13.1. The van der Waals surface area contributed by atoms with Crippen molar-refractivity contribution < 1.29 is 13.2 Å². The summed E-state index contributed by atoms with van der Waals surface area (Å²) in [6.07, 6.45) is 0.226. The molecule has 0 nitrogen and oxygen atoms in total. The van der Waals surface area contributed by atoms with Crippen LogP contribution in [0.1, 0.15) is 36.8 Å². The van der Waals surface area contributed by atoms with Gasteiger partial charge in [0.1, 0.15) is 0 Å². The van der Waals surface area contributed by atoms with E-state index in [0.717, 1.165) is 43.4 Å². The summed E-state index contributed by atoms with van der Waals surface area (Å²) in [5.41, 5.74) is 0.364. The number of hydrogen-bond donors (Lipinski definition) is 0. The topological polar surface area (TPSA) is 0 Å². The lowest BCUT2D eigenvalue weighted by atomic mass is 10.0. The van der Waals surface area contributed by atoms with E-state index in [4.69, 9.17) is 6.92 Å². The van der Waals surface area contributed by atoms with E-state index in [-0.39, 0.29) is 0 Å². The molecule has 1 rings (SSSR count). The Bertz CT molecular complexity index is 298. The fraction of sp³-hybridized carbons (Fsp3) is 0.462. The molecule has 1 aromatic carbocycles. The lowest BCUT2D eigenvalue weighted by Crippen LogP contribution is -2.04. The van der Waals surface area contributed by atoms with Crippen LogP contribution < -0.4 is 0 Å². The first-order chi connectivity index (χ1) is 7.54. The summed E-state index contributed by atoms with van der Waals surface area (Å²) in [6, 6.07) is 5.37. The monoisotopic (exact) mass is 228 g/mol. The number of unbranched alkanes of at least 4 members (excludes halogenated alkanes) is 3. The SMILES string of the molecule is [CH]CCCCCc1ccc(C(F)(F)F)cc1. The summed E-state index contributed by atoms with van der Waals surface area (Å²) in [5.74, 6) is 0. The summed E-state index contributed by atoms with van der Waals surface area (Å²) in [7, 11) is 0. The first-order valence-electron chi connectivity index (χ1n) is 5.40. The minimum absolute atomic E-state index is 0.585. The van der Waals surface area contributed by atoms with Gasteiger partial charge in [-0.25, -0.2) is 0 Å². The molecule has 0 fully saturated rings. The van der Waals surface area contributed by atoms with Crippen LogP contribution >= 0.6 is 0 Å². The number of benzene rings is 1. The first-order valence-corrected chi connectivity index (χ1v) is 5.40. The number of halogens is 3. The molecule has 0 saturated carbocycles. The van der Waals surface area contributed by atoms with E-state index in [9.17, 15) is 13.2 Å². The summed E-state index contributed by atoms with van der Waals surface area (Å²) in [4.78, 5) is 0. The predicted molar refractivity (Wildman–Crippen MR) is 57.9 cm³/mol. The zero-order valence-corrected chi connectivity index (χ0v) is 9.06. The Morgan fingerprint density at radius 1 is 0.938 bits per heavy atom. The molecule has 0 spiro atoms. The maximum absolute atomic E-state index is 12.3. The second-order valence-electron chi connectivity index (χ2n) is 3.79. The van der Waals surface area contributed by atoms with Gasteiger partial charge in [-0.2, -0.15) is 13.2 Å². The number of aryl methyl sites for hydroxylation is 1. The molecular weight excluding hydrogens is 213 g/mol. The largest absolute Gasteiger partial charge is 0.416 e. The molecule has 2 radical (unpaired) electrons. The Morgan fingerprint density at radius 3 is 2.06 bits per heavy atom. The molecule has 16 heavy (non-hydrogen) atoms. The van der Waals surface area contributed by atoms with Crippen LogP contribution in [0.5, 0.6) is 0 Å². The smallest absolute Gasteiger partial charge is 0.166 e. The van der Waals surface area contributed by atoms with Crippen molar-refractivity contribution >= 4 is 0 Å². The molecule has 0 N–H and O–H groups in total. The van der Waals surface area contributed by atoms with Crippen molar-refractivity contribution in [2.75, 3.05) is 0 Å². The molecule has 0 bridgehead atoms. The van der Waals surface area contributed by atoms with E-state index in [1.165, 1.54) is 0 Å². The molecule has 0 heterocycles. The third kappa shape index (κ3) is 4.25. The molecule has 0 atom stereocenters. The molecule has 0 saturated heterocycles. The van der Waals surface area contributed by atoms with E-state index >= 15 is 0 Å². The van der Waals surface area contributed by atoms with Gasteiger partial charge in [0.05, 0.1) is 5.56 Å². The quantitative estimate of drug-likeness (QED) is 0.650. The highest BCUT2D eigenvalue weighted by Gasteiger charge is 2.29. The Morgan fingerprint density at radius 2 is 1.56 bits per heavy atom. The average molecular weight is 228 g/mol. The van der Waals surface area contributed by atoms with Crippen molar-refractivity contribution in [1.29, 1.82) is 0 Å². The highest BCUT2D eigenvalue weighted by Crippen LogP contribution is 2.29. The minimum Gasteiger partial charge on any atom is -0.166 e. The second kappa shape index (κ2) is 5.92. The summed E-state index contributed by atoms with van der Waals surface area (Å²) >= 11 is 0. The maximum atomic E-state index is 12.3. The molecule has 0 aliphatic carbocycles. The van der Waals surface area contributed by atoms with E-state index in [1.54, 1.807) is 12.1 Å². The van der Waals surface area contributed by atoms with Crippen molar-refractivity contribution in [2.24, 2.45) is 0 Å². The van der Waals surface area contributed by atoms with Crippen LogP contribution in [0, 0.1) is 6.92 Å². The molecule has 0 amide bonds. The zero-order valence-electron chi connectivity index (χ0n) is 9.06. The molecule has 0 aliphatic rings. The van der Waals surface area contributed by atoms with E-state index in [1.807, 2.05) is 0 Å². The van der Waals surface area contributed by atoms with Crippen LogP contribution in [-0.4, -0.2) is 0 Å². The van der Waals surface area contributed by atoms with Crippen LogP contribution in [0.25, 0.3) is 0 Å². The standard InChI is InChI=1S/C13H15F3/c1-2-3-4-5-6-11-7-9-12(10-8-11)13(14,15)16/h1,7-10H,2-6H2. The molecule has 88 valence electrons. The van der Waals surface area contributed by atoms with E-state index in [0.29, 0.717) is 6.42 Å². The van der Waals surface area contributed by atoms with Gasteiger partial charge in [-0.15, -0.1) is 0 Å². The van der Waals surface area contributed by atoms with Gasteiger partial charge in [-0.05, 0) is 43.9 Å². The molecule has 1 aromatic rings. The van der Waals surface area contributed by atoms with Gasteiger partial charge in [-0.1, -0.05) is 25.0 Å². The molecule has 0 aliphatic heterocycles. The van der Waals surface area contributed by atoms with E-state index < -0.39 is 11.7 Å². The average Bonchev–Trinajstić information content (AvgIpc) is 2.24. The fourth-order valence-corrected chi connectivity index (χ4v) is 1.51. The summed E-state index contributed by atoms with van der Waals surface area (Å²) < 4.78 is 36.8. The Hall–Kier alpha value is -0.990. The van der Waals surface area contributed by atoms with Crippen LogP contribution in [0.2, 0.25) is 0 Å². The minimum atomic E-state index is -4.24. The van der Waals surface area contributed by atoms with Gasteiger partial charge in [0, 0.05) is 0 Å². The predicted octanol–water partition coefficient (Wildman–Crippen LogP) is 4.52. The van der Waals surface area contributed by atoms with Crippen molar-refractivity contribution in [3.05, 3.63) is 42.3 Å². The van der Waals surface area contributed by atoms with Crippen LogP contribution in [0.4, 0.5) is 13.2 Å². The van der Waals surface area contributed by atoms with E-state index in [2.05, 4.69) is 0 Å². The van der Waals surface area contributed by atoms with Gasteiger partial charge in [0.15, 0.2) is 0 Å². The number of rotatable bonds is 5. The van der Waals surface area contributed by atoms with Crippen molar-refractivity contribution in [3.8, 4) is 0 Å². The highest BCUT2D eigenvalue weighted by atomic mass is 19.4. The van der Waals surface area contributed by atoms with Crippen LogP contribution in [-0.2, 0) is 12.6 Å². The molecule has 0 aromatic heterocycles. The maximum Gasteiger partial charge on any atom is 0.416 e. The van der Waals surface area contributed by atoms with Crippen molar-refractivity contribution in [2.45, 2.75) is 38.3 Å². The van der Waals surface area contributed by atoms with Gasteiger partial charge < -0.3 is 0 Å². The van der Waals surface area contributed by atoms with Crippen molar-refractivity contribution in [3.63, 3.8) is 0 Å². The fourth-order valence-electron chi connectivity index (χ4n) is 1.51. The van der Waals surface area contributed by atoms with Gasteiger partial charge in [-0.3, -0.25) is 0 Å².